The van der Waals surface area contributed by atoms with Crippen molar-refractivity contribution in [3.63, 3.8) is 0 Å². The van der Waals surface area contributed by atoms with Gasteiger partial charge in [0.05, 0.1) is 0 Å². The summed E-state index contributed by atoms with van der Waals surface area (Å²) in [6.07, 6.45) is 2.41. The first-order chi connectivity index (χ1) is 9.96. The minimum atomic E-state index is -0.00356. The molecule has 0 N–H and O–H groups in total. The summed E-state index contributed by atoms with van der Waals surface area (Å²) in [7, 11) is 0. The highest BCUT2D eigenvalue weighted by atomic mass is 79.9. The maximum Gasteiger partial charge on any atom is 0.0456 e. The molecule has 0 unspecified atom stereocenters. The molecule has 1 aliphatic heterocycles. The van der Waals surface area contributed by atoms with Crippen LogP contribution in [0, 0.1) is 0 Å². The van der Waals surface area contributed by atoms with E-state index in [4.69, 9.17) is 0 Å². The van der Waals surface area contributed by atoms with Gasteiger partial charge in [-0.05, 0) is 41.0 Å². The fourth-order valence-electron chi connectivity index (χ4n) is 3.37. The van der Waals surface area contributed by atoms with Crippen LogP contribution in [-0.2, 0) is 5.41 Å². The zero-order chi connectivity index (χ0) is 15.2. The van der Waals surface area contributed by atoms with Crippen LogP contribution in [0.1, 0.15) is 39.2 Å². The van der Waals surface area contributed by atoms with Crippen LogP contribution in [0.15, 0.2) is 47.1 Å². The summed E-state index contributed by atoms with van der Waals surface area (Å²) in [5, 5.41) is 2.64. The third-order valence-electron chi connectivity index (χ3n) is 4.66. The molecule has 0 atom stereocenters. The zero-order valence-corrected chi connectivity index (χ0v) is 14.6. The molecule has 2 heteroatoms. The standard InChI is InChI=1S/C19H22BrN/c1-5-6-11-21-13(2)19(3,4)18-16-9-8-15(20)12-14(16)7-10-17(18)21/h7-10,12H,2,5-6,11H2,1,3-4H3. The van der Waals surface area contributed by atoms with E-state index in [9.17, 15) is 0 Å². The molecular formula is C19H22BrN. The molecule has 0 bridgehead atoms. The van der Waals surface area contributed by atoms with Crippen molar-refractivity contribution < 1.29 is 0 Å². The molecule has 0 amide bonds. The van der Waals surface area contributed by atoms with Gasteiger partial charge in [-0.1, -0.05) is 61.8 Å². The van der Waals surface area contributed by atoms with Crippen LogP contribution in [-0.4, -0.2) is 6.54 Å². The summed E-state index contributed by atoms with van der Waals surface area (Å²) in [4.78, 5) is 2.42. The molecule has 0 saturated carbocycles. The molecule has 3 rings (SSSR count). The Kier molecular flexibility index (Phi) is 3.61. The van der Waals surface area contributed by atoms with E-state index < -0.39 is 0 Å². The Hall–Kier alpha value is -1.28. The smallest absolute Gasteiger partial charge is 0.0456 e. The van der Waals surface area contributed by atoms with Gasteiger partial charge in [-0.15, -0.1) is 0 Å². The lowest BCUT2D eigenvalue weighted by atomic mass is 9.82. The van der Waals surface area contributed by atoms with Gasteiger partial charge in [0.1, 0.15) is 0 Å². The van der Waals surface area contributed by atoms with Crippen molar-refractivity contribution in [1.29, 1.82) is 0 Å². The van der Waals surface area contributed by atoms with Gasteiger partial charge in [0.2, 0.25) is 0 Å². The molecule has 1 aliphatic rings. The van der Waals surface area contributed by atoms with Crippen molar-refractivity contribution in [3.05, 3.63) is 52.6 Å². The monoisotopic (exact) mass is 343 g/mol. The molecule has 0 saturated heterocycles. The van der Waals surface area contributed by atoms with Gasteiger partial charge in [0.15, 0.2) is 0 Å². The first kappa shape index (κ1) is 14.6. The van der Waals surface area contributed by atoms with Crippen molar-refractivity contribution in [3.8, 4) is 0 Å². The summed E-state index contributed by atoms with van der Waals surface area (Å²) < 4.78 is 1.13. The van der Waals surface area contributed by atoms with Crippen LogP contribution in [0.5, 0.6) is 0 Å². The summed E-state index contributed by atoms with van der Waals surface area (Å²) in [5.41, 5.74) is 3.99. The predicted molar refractivity (Wildman–Crippen MR) is 96.1 cm³/mol. The Bertz CT molecular complexity index is 715. The topological polar surface area (TPSA) is 3.24 Å². The number of benzene rings is 2. The Morgan fingerprint density at radius 1 is 1.19 bits per heavy atom. The summed E-state index contributed by atoms with van der Waals surface area (Å²) in [6, 6.07) is 11.1. The largest absolute Gasteiger partial charge is 0.345 e. The van der Waals surface area contributed by atoms with Crippen molar-refractivity contribution in [2.45, 2.75) is 39.0 Å². The highest BCUT2D eigenvalue weighted by Crippen LogP contribution is 2.50. The van der Waals surface area contributed by atoms with Gasteiger partial charge >= 0.3 is 0 Å². The summed E-state index contributed by atoms with van der Waals surface area (Å²) >= 11 is 3.57. The number of hydrogen-bond donors (Lipinski definition) is 0. The second-order valence-corrected chi connectivity index (χ2v) is 7.32. The summed E-state index contributed by atoms with van der Waals surface area (Å²) in [6.45, 7) is 12.3. The van der Waals surface area contributed by atoms with Gasteiger partial charge in [0.25, 0.3) is 0 Å². The SMILES string of the molecule is C=C1N(CCCC)c2ccc3cc(Br)ccc3c2C1(C)C. The van der Waals surface area contributed by atoms with Crippen LogP contribution in [0.25, 0.3) is 10.8 Å². The third-order valence-corrected chi connectivity index (χ3v) is 5.15. The molecule has 0 aromatic heterocycles. The molecule has 0 fully saturated rings. The lowest BCUT2D eigenvalue weighted by Crippen LogP contribution is -2.26. The van der Waals surface area contributed by atoms with Gasteiger partial charge in [-0.3, -0.25) is 0 Å². The van der Waals surface area contributed by atoms with Crippen LogP contribution in [0.2, 0.25) is 0 Å². The van der Waals surface area contributed by atoms with E-state index >= 15 is 0 Å². The zero-order valence-electron chi connectivity index (χ0n) is 13.0. The second kappa shape index (κ2) is 5.17. The maximum absolute atomic E-state index is 4.40. The Morgan fingerprint density at radius 2 is 1.95 bits per heavy atom. The van der Waals surface area contributed by atoms with E-state index in [0.29, 0.717) is 0 Å². The van der Waals surface area contributed by atoms with E-state index in [1.807, 2.05) is 0 Å². The quantitative estimate of drug-likeness (QED) is 0.659. The first-order valence-electron chi connectivity index (χ1n) is 7.66. The molecule has 21 heavy (non-hydrogen) atoms. The average Bonchev–Trinajstić information content (AvgIpc) is 2.65. The second-order valence-electron chi connectivity index (χ2n) is 6.40. The number of allylic oxidation sites excluding steroid dienone is 1. The molecule has 2 aromatic rings. The van der Waals surface area contributed by atoms with Crippen LogP contribution in [0.3, 0.4) is 0 Å². The Labute approximate surface area is 135 Å². The number of anilines is 1. The van der Waals surface area contributed by atoms with E-state index in [2.05, 4.69) is 78.5 Å². The van der Waals surface area contributed by atoms with Crippen LogP contribution >= 0.6 is 15.9 Å². The van der Waals surface area contributed by atoms with Crippen molar-refractivity contribution in [2.75, 3.05) is 11.4 Å². The van der Waals surface area contributed by atoms with E-state index in [0.717, 1.165) is 11.0 Å². The molecular weight excluding hydrogens is 322 g/mol. The van der Waals surface area contributed by atoms with Gasteiger partial charge in [-0.2, -0.15) is 0 Å². The molecule has 0 aliphatic carbocycles. The van der Waals surface area contributed by atoms with Crippen LogP contribution < -0.4 is 4.90 Å². The molecule has 2 aromatic carbocycles. The van der Waals surface area contributed by atoms with Crippen molar-refractivity contribution >= 4 is 32.4 Å². The Morgan fingerprint density at radius 3 is 2.67 bits per heavy atom. The number of halogens is 1. The predicted octanol–water partition coefficient (Wildman–Crippen LogP) is 6.01. The minimum absolute atomic E-state index is 0.00356. The molecule has 1 nitrogen and oxygen atoms in total. The number of rotatable bonds is 3. The molecule has 0 radical (unpaired) electrons. The normalized spacial score (nSPS) is 16.6. The fraction of sp³-hybridized carbons (Fsp3) is 0.368. The van der Waals surface area contributed by atoms with Crippen LogP contribution in [0.4, 0.5) is 5.69 Å². The molecule has 1 heterocycles. The van der Waals surface area contributed by atoms with E-state index in [-0.39, 0.29) is 5.41 Å². The molecule has 0 spiro atoms. The fourth-order valence-corrected chi connectivity index (χ4v) is 3.75. The number of hydrogen-bond acceptors (Lipinski definition) is 1. The Balaban J connectivity index is 2.23. The lowest BCUT2D eigenvalue weighted by molar-refractivity contribution is 0.631. The van der Waals surface area contributed by atoms with Crippen molar-refractivity contribution in [1.82, 2.24) is 0 Å². The third kappa shape index (κ3) is 2.20. The van der Waals surface area contributed by atoms with E-state index in [1.165, 1.54) is 40.6 Å². The van der Waals surface area contributed by atoms with Gasteiger partial charge in [-0.25, -0.2) is 0 Å². The number of nitrogens with zero attached hydrogens (tertiary/aromatic N) is 1. The highest BCUT2D eigenvalue weighted by Gasteiger charge is 2.39. The minimum Gasteiger partial charge on any atom is -0.345 e. The first-order valence-corrected chi connectivity index (χ1v) is 8.45. The van der Waals surface area contributed by atoms with Crippen molar-refractivity contribution in [2.24, 2.45) is 0 Å². The highest BCUT2D eigenvalue weighted by molar-refractivity contribution is 9.10. The summed E-state index contributed by atoms with van der Waals surface area (Å²) in [5.74, 6) is 0. The van der Waals surface area contributed by atoms with E-state index in [1.54, 1.807) is 0 Å². The lowest BCUT2D eigenvalue weighted by Gasteiger charge is -2.25. The van der Waals surface area contributed by atoms with Gasteiger partial charge in [0, 0.05) is 27.8 Å². The van der Waals surface area contributed by atoms with Gasteiger partial charge < -0.3 is 4.90 Å². The maximum atomic E-state index is 4.40. The average molecular weight is 344 g/mol. The number of fused-ring (bicyclic) bond motifs is 3. The molecule has 110 valence electrons. The number of unbranched alkanes of at least 4 members (excludes halogenated alkanes) is 1.